The third-order valence-electron chi connectivity index (χ3n) is 3.15. The third-order valence-corrected chi connectivity index (χ3v) is 3.56. The zero-order valence-corrected chi connectivity index (χ0v) is 11.9. The molecule has 2 aromatic carbocycles. The second-order valence-electron chi connectivity index (χ2n) is 4.31. The predicted octanol–water partition coefficient (Wildman–Crippen LogP) is 3.69. The van der Waals surface area contributed by atoms with E-state index in [1.807, 2.05) is 10.8 Å². The lowest BCUT2D eigenvalue weighted by Gasteiger charge is -2.08. The molecular weight excluding hydrogens is 272 g/mol. The smallest absolute Gasteiger partial charge is 0.142 e. The van der Waals surface area contributed by atoms with E-state index in [9.17, 15) is 0 Å². The van der Waals surface area contributed by atoms with Crippen LogP contribution in [0, 0.1) is 0 Å². The van der Waals surface area contributed by atoms with Crippen molar-refractivity contribution in [1.29, 1.82) is 0 Å². The van der Waals surface area contributed by atoms with Gasteiger partial charge in [-0.3, -0.25) is 4.57 Å². The van der Waals surface area contributed by atoms with Crippen molar-refractivity contribution in [2.75, 3.05) is 0 Å². The standard InChI is InChI=1S/C15H12N2S2/c18-15(19)17-9-8-16-14(17)10-12-6-3-5-11-4-1-2-7-13(11)12/h1-9H,10H2,(H,18,19). The average Bonchev–Trinajstić information content (AvgIpc) is 2.87. The van der Waals surface area contributed by atoms with Crippen LogP contribution in [0.3, 0.4) is 0 Å². The molecular formula is C15H12N2S2. The first-order valence-corrected chi connectivity index (χ1v) is 6.83. The van der Waals surface area contributed by atoms with Crippen LogP contribution in [0.25, 0.3) is 10.8 Å². The summed E-state index contributed by atoms with van der Waals surface area (Å²) in [6, 6.07) is 14.7. The molecule has 0 saturated heterocycles. The fourth-order valence-electron chi connectivity index (χ4n) is 2.26. The molecule has 3 aromatic rings. The van der Waals surface area contributed by atoms with Crippen LogP contribution in [-0.4, -0.2) is 13.9 Å². The van der Waals surface area contributed by atoms with Gasteiger partial charge in [-0.2, -0.15) is 0 Å². The molecule has 0 unspecified atom stereocenters. The number of rotatable bonds is 2. The van der Waals surface area contributed by atoms with Crippen molar-refractivity contribution < 1.29 is 0 Å². The third kappa shape index (κ3) is 2.41. The van der Waals surface area contributed by atoms with Crippen molar-refractivity contribution in [2.24, 2.45) is 0 Å². The molecule has 3 rings (SSSR count). The molecule has 0 amide bonds. The number of thiol groups is 1. The highest BCUT2D eigenvalue weighted by Crippen LogP contribution is 2.21. The van der Waals surface area contributed by atoms with E-state index in [-0.39, 0.29) is 0 Å². The highest BCUT2D eigenvalue weighted by molar-refractivity contribution is 8.11. The van der Waals surface area contributed by atoms with Crippen molar-refractivity contribution in [1.82, 2.24) is 9.55 Å². The van der Waals surface area contributed by atoms with Gasteiger partial charge in [0.05, 0.1) is 0 Å². The Labute approximate surface area is 122 Å². The Hall–Kier alpha value is -1.65. The molecule has 0 saturated carbocycles. The van der Waals surface area contributed by atoms with E-state index in [2.05, 4.69) is 60.1 Å². The minimum atomic E-state index is 0.521. The Balaban J connectivity index is 2.06. The molecule has 0 fully saturated rings. The lowest BCUT2D eigenvalue weighted by atomic mass is 10.0. The van der Waals surface area contributed by atoms with Gasteiger partial charge in [0, 0.05) is 18.8 Å². The second-order valence-corrected chi connectivity index (χ2v) is 5.42. The summed E-state index contributed by atoms with van der Waals surface area (Å²) in [7, 11) is 0. The minimum Gasteiger partial charge on any atom is -0.289 e. The van der Waals surface area contributed by atoms with Gasteiger partial charge in [0.1, 0.15) is 10.1 Å². The first kappa shape index (κ1) is 12.4. The number of thiocarbonyl (C=S) groups is 1. The summed E-state index contributed by atoms with van der Waals surface area (Å²) in [5, 5.41) is 2.50. The molecule has 0 aliphatic rings. The van der Waals surface area contributed by atoms with E-state index in [0.29, 0.717) is 4.32 Å². The van der Waals surface area contributed by atoms with Gasteiger partial charge in [-0.15, -0.1) is 12.6 Å². The molecule has 19 heavy (non-hydrogen) atoms. The number of aromatic nitrogens is 2. The first-order chi connectivity index (χ1) is 9.25. The summed E-state index contributed by atoms with van der Waals surface area (Å²) in [4.78, 5) is 4.37. The van der Waals surface area contributed by atoms with Crippen LogP contribution in [0.2, 0.25) is 0 Å². The van der Waals surface area contributed by atoms with Crippen LogP contribution in [0.5, 0.6) is 0 Å². The molecule has 1 aromatic heterocycles. The SMILES string of the molecule is S=C(S)n1ccnc1Cc1cccc2ccccc12. The lowest BCUT2D eigenvalue weighted by Crippen LogP contribution is -2.07. The van der Waals surface area contributed by atoms with Gasteiger partial charge in [-0.25, -0.2) is 4.98 Å². The first-order valence-electron chi connectivity index (χ1n) is 5.98. The summed E-state index contributed by atoms with van der Waals surface area (Å²) < 4.78 is 2.35. The van der Waals surface area contributed by atoms with E-state index in [1.165, 1.54) is 16.3 Å². The summed E-state index contributed by atoms with van der Waals surface area (Å²) in [5.41, 5.74) is 1.25. The van der Waals surface area contributed by atoms with E-state index in [4.69, 9.17) is 12.2 Å². The van der Waals surface area contributed by atoms with E-state index in [0.717, 1.165) is 12.2 Å². The molecule has 0 atom stereocenters. The van der Waals surface area contributed by atoms with Crippen molar-refractivity contribution in [3.63, 3.8) is 0 Å². The van der Waals surface area contributed by atoms with Crippen LogP contribution in [0.4, 0.5) is 0 Å². The van der Waals surface area contributed by atoms with Crippen LogP contribution in [-0.2, 0) is 6.42 Å². The van der Waals surface area contributed by atoms with Crippen LogP contribution in [0.15, 0.2) is 54.9 Å². The molecule has 0 radical (unpaired) electrons. The minimum absolute atomic E-state index is 0.521. The number of nitrogens with zero attached hydrogens (tertiary/aromatic N) is 2. The van der Waals surface area contributed by atoms with Crippen molar-refractivity contribution in [3.05, 3.63) is 66.2 Å². The Morgan fingerprint density at radius 2 is 1.95 bits per heavy atom. The number of imidazole rings is 1. The zero-order valence-electron chi connectivity index (χ0n) is 10.2. The number of fused-ring (bicyclic) bond motifs is 1. The molecule has 0 N–H and O–H groups in total. The van der Waals surface area contributed by atoms with Crippen molar-refractivity contribution in [3.8, 4) is 0 Å². The maximum atomic E-state index is 5.10. The summed E-state index contributed by atoms with van der Waals surface area (Å²) >= 11 is 9.32. The second kappa shape index (κ2) is 5.15. The highest BCUT2D eigenvalue weighted by atomic mass is 32.1. The number of benzene rings is 2. The maximum absolute atomic E-state index is 5.10. The highest BCUT2D eigenvalue weighted by Gasteiger charge is 2.08. The number of hydrogen-bond acceptors (Lipinski definition) is 2. The molecule has 2 nitrogen and oxygen atoms in total. The van der Waals surface area contributed by atoms with Gasteiger partial charge in [-0.1, -0.05) is 54.7 Å². The van der Waals surface area contributed by atoms with Gasteiger partial charge in [0.15, 0.2) is 0 Å². The molecule has 4 heteroatoms. The quantitative estimate of drug-likeness (QED) is 0.571. The summed E-state index contributed by atoms with van der Waals surface area (Å²) in [5.74, 6) is 0.913. The van der Waals surface area contributed by atoms with Gasteiger partial charge in [-0.05, 0) is 16.3 Å². The van der Waals surface area contributed by atoms with Gasteiger partial charge >= 0.3 is 0 Å². The molecule has 94 valence electrons. The Morgan fingerprint density at radius 3 is 2.79 bits per heavy atom. The number of hydrogen-bond donors (Lipinski definition) is 1. The summed E-state index contributed by atoms with van der Waals surface area (Å²) in [6.07, 6.45) is 4.34. The van der Waals surface area contributed by atoms with E-state index in [1.54, 1.807) is 6.20 Å². The fourth-order valence-corrected chi connectivity index (χ4v) is 2.60. The fraction of sp³-hybridized carbons (Fsp3) is 0.0667. The molecule has 1 heterocycles. The average molecular weight is 284 g/mol. The molecule has 0 aliphatic heterocycles. The van der Waals surface area contributed by atoms with E-state index < -0.39 is 0 Å². The Bertz CT molecular complexity index is 741. The normalized spacial score (nSPS) is 10.8. The van der Waals surface area contributed by atoms with Crippen LogP contribution in [0.1, 0.15) is 11.4 Å². The molecule has 0 bridgehead atoms. The predicted molar refractivity (Wildman–Crippen MR) is 86.0 cm³/mol. The Morgan fingerprint density at radius 1 is 1.16 bits per heavy atom. The van der Waals surface area contributed by atoms with Crippen LogP contribution < -0.4 is 0 Å². The largest absolute Gasteiger partial charge is 0.289 e. The van der Waals surface area contributed by atoms with Crippen molar-refractivity contribution in [2.45, 2.75) is 6.42 Å². The molecule has 0 spiro atoms. The van der Waals surface area contributed by atoms with Gasteiger partial charge in [0.25, 0.3) is 0 Å². The topological polar surface area (TPSA) is 17.8 Å². The Kier molecular flexibility index (Phi) is 3.36. The van der Waals surface area contributed by atoms with Crippen molar-refractivity contribution >= 4 is 39.9 Å². The lowest BCUT2D eigenvalue weighted by molar-refractivity contribution is 0.974. The van der Waals surface area contributed by atoms with Crippen LogP contribution >= 0.6 is 24.8 Å². The van der Waals surface area contributed by atoms with Gasteiger partial charge < -0.3 is 0 Å². The van der Waals surface area contributed by atoms with E-state index >= 15 is 0 Å². The monoisotopic (exact) mass is 284 g/mol. The zero-order chi connectivity index (χ0) is 13.2. The van der Waals surface area contributed by atoms with Gasteiger partial charge in [0.2, 0.25) is 0 Å². The summed E-state index contributed by atoms with van der Waals surface area (Å²) in [6.45, 7) is 0. The maximum Gasteiger partial charge on any atom is 0.142 e. The molecule has 0 aliphatic carbocycles.